The van der Waals surface area contributed by atoms with Crippen molar-refractivity contribution in [3.63, 3.8) is 0 Å². The van der Waals surface area contributed by atoms with Gasteiger partial charge in [0, 0.05) is 18.3 Å². The second-order valence-electron chi connectivity index (χ2n) is 4.71. The second kappa shape index (κ2) is 4.66. The minimum absolute atomic E-state index is 0. The first-order valence-electron chi connectivity index (χ1n) is 5.79. The third kappa shape index (κ3) is 2.61. The number of carbonyl (C=O) groups is 1. The van der Waals surface area contributed by atoms with E-state index >= 15 is 0 Å². The molecule has 94 valence electrons. The first-order valence-corrected chi connectivity index (χ1v) is 5.79. The van der Waals surface area contributed by atoms with E-state index in [0.717, 1.165) is 35.2 Å². The maximum atomic E-state index is 10.8. The van der Waals surface area contributed by atoms with E-state index in [4.69, 9.17) is 5.11 Å². The van der Waals surface area contributed by atoms with Crippen LogP contribution in [0.4, 0.5) is 4.79 Å². The molecule has 2 aliphatic carbocycles. The molecule has 0 bridgehead atoms. The fourth-order valence-corrected chi connectivity index (χ4v) is 2.33. The van der Waals surface area contributed by atoms with E-state index in [0.29, 0.717) is 12.1 Å². The van der Waals surface area contributed by atoms with Gasteiger partial charge in [-0.25, -0.2) is 4.79 Å². The SMILES string of the molecule is Cl.O=C(O)n1cc2c(n1)CCC(NC1CC1)C2. The summed E-state index contributed by atoms with van der Waals surface area (Å²) in [4.78, 5) is 10.8. The molecular weight excluding hydrogens is 242 g/mol. The highest BCUT2D eigenvalue weighted by atomic mass is 35.5. The predicted octanol–water partition coefficient (Wildman–Crippen LogP) is 1.44. The summed E-state index contributed by atoms with van der Waals surface area (Å²) in [5.74, 6) is 0. The van der Waals surface area contributed by atoms with Crippen LogP contribution < -0.4 is 5.32 Å². The fraction of sp³-hybridized carbons (Fsp3) is 0.636. The molecule has 1 aromatic rings. The Morgan fingerprint density at radius 2 is 2.18 bits per heavy atom. The Balaban J connectivity index is 0.00000108. The quantitative estimate of drug-likeness (QED) is 0.841. The van der Waals surface area contributed by atoms with Gasteiger partial charge < -0.3 is 10.4 Å². The zero-order chi connectivity index (χ0) is 11.1. The maximum Gasteiger partial charge on any atom is 0.432 e. The van der Waals surface area contributed by atoms with Crippen LogP contribution in [0.1, 0.15) is 30.5 Å². The molecule has 0 amide bonds. The minimum Gasteiger partial charge on any atom is -0.463 e. The summed E-state index contributed by atoms with van der Waals surface area (Å²) in [6, 6.07) is 1.22. The summed E-state index contributed by atoms with van der Waals surface area (Å²) in [5.41, 5.74) is 2.04. The number of hydrogen-bond donors (Lipinski definition) is 2. The van der Waals surface area contributed by atoms with Crippen LogP contribution in [0.2, 0.25) is 0 Å². The Kier molecular flexibility index (Phi) is 3.40. The molecular formula is C11H16ClN3O2. The van der Waals surface area contributed by atoms with Crippen LogP contribution in [0.15, 0.2) is 6.20 Å². The maximum absolute atomic E-state index is 10.8. The Morgan fingerprint density at radius 1 is 1.41 bits per heavy atom. The molecule has 1 atom stereocenters. The number of fused-ring (bicyclic) bond motifs is 1. The van der Waals surface area contributed by atoms with Gasteiger partial charge in [0.1, 0.15) is 0 Å². The van der Waals surface area contributed by atoms with E-state index in [-0.39, 0.29) is 12.4 Å². The van der Waals surface area contributed by atoms with Gasteiger partial charge in [-0.05, 0) is 37.7 Å². The van der Waals surface area contributed by atoms with Gasteiger partial charge in [0.05, 0.1) is 5.69 Å². The van der Waals surface area contributed by atoms with Crippen LogP contribution in [0.25, 0.3) is 0 Å². The van der Waals surface area contributed by atoms with Crippen molar-refractivity contribution >= 4 is 18.5 Å². The summed E-state index contributed by atoms with van der Waals surface area (Å²) < 4.78 is 1.03. The molecule has 2 N–H and O–H groups in total. The smallest absolute Gasteiger partial charge is 0.432 e. The topological polar surface area (TPSA) is 67.1 Å². The number of halogens is 1. The van der Waals surface area contributed by atoms with Crippen LogP contribution in [0.5, 0.6) is 0 Å². The molecule has 3 rings (SSSR count). The molecule has 0 spiro atoms. The highest BCUT2D eigenvalue weighted by molar-refractivity contribution is 5.85. The molecule has 0 aliphatic heterocycles. The molecule has 1 heterocycles. The summed E-state index contributed by atoms with van der Waals surface area (Å²) in [6.07, 6.45) is 6.11. The molecule has 17 heavy (non-hydrogen) atoms. The van der Waals surface area contributed by atoms with Crippen molar-refractivity contribution in [3.05, 3.63) is 17.5 Å². The first-order chi connectivity index (χ1) is 7.72. The lowest BCUT2D eigenvalue weighted by Gasteiger charge is -2.22. The first kappa shape index (κ1) is 12.4. The van der Waals surface area contributed by atoms with Gasteiger partial charge >= 0.3 is 6.09 Å². The number of carboxylic acid groups (broad SMARTS) is 1. The largest absolute Gasteiger partial charge is 0.463 e. The van der Waals surface area contributed by atoms with Gasteiger partial charge in [-0.1, -0.05) is 0 Å². The van der Waals surface area contributed by atoms with Gasteiger partial charge in [0.2, 0.25) is 0 Å². The lowest BCUT2D eigenvalue weighted by Crippen LogP contribution is -2.35. The zero-order valence-electron chi connectivity index (χ0n) is 9.43. The van der Waals surface area contributed by atoms with Gasteiger partial charge in [0.15, 0.2) is 0 Å². The molecule has 2 aliphatic rings. The van der Waals surface area contributed by atoms with Gasteiger partial charge in [-0.3, -0.25) is 0 Å². The van der Waals surface area contributed by atoms with E-state index in [1.54, 1.807) is 6.20 Å². The molecule has 6 heteroatoms. The van der Waals surface area contributed by atoms with E-state index < -0.39 is 6.09 Å². The summed E-state index contributed by atoms with van der Waals surface area (Å²) >= 11 is 0. The molecule has 0 saturated heterocycles. The predicted molar refractivity (Wildman–Crippen MR) is 64.9 cm³/mol. The summed E-state index contributed by atoms with van der Waals surface area (Å²) in [7, 11) is 0. The lowest BCUT2D eigenvalue weighted by molar-refractivity contribution is 0.192. The molecule has 5 nitrogen and oxygen atoms in total. The molecule has 1 saturated carbocycles. The van der Waals surface area contributed by atoms with Crippen molar-refractivity contribution in [1.82, 2.24) is 15.1 Å². The number of nitrogens with zero attached hydrogens (tertiary/aromatic N) is 2. The fourth-order valence-electron chi connectivity index (χ4n) is 2.33. The summed E-state index contributed by atoms with van der Waals surface area (Å²) in [6.45, 7) is 0. The summed E-state index contributed by atoms with van der Waals surface area (Å²) in [5, 5.41) is 16.5. The van der Waals surface area contributed by atoms with Crippen LogP contribution in [-0.4, -0.2) is 33.1 Å². The monoisotopic (exact) mass is 257 g/mol. The standard InChI is InChI=1S/C11H15N3O2.ClH/c15-11(16)14-6-7-5-9(12-8-1-2-8)3-4-10(7)13-14;/h6,8-9,12H,1-5H2,(H,15,16);1H. The van der Waals surface area contributed by atoms with E-state index in [2.05, 4.69) is 10.4 Å². The Labute approximate surface area is 106 Å². The number of hydrogen-bond acceptors (Lipinski definition) is 3. The third-order valence-corrected chi connectivity index (χ3v) is 3.32. The Bertz CT molecular complexity index is 428. The number of nitrogens with one attached hydrogen (secondary N) is 1. The van der Waals surface area contributed by atoms with Crippen LogP contribution >= 0.6 is 12.4 Å². The number of aromatic nitrogens is 2. The highest BCUT2D eigenvalue weighted by Gasteiger charge is 2.28. The average Bonchev–Trinajstić information content (AvgIpc) is 2.95. The molecule has 0 radical (unpaired) electrons. The molecule has 0 aromatic carbocycles. The molecule has 1 aromatic heterocycles. The Hall–Kier alpha value is -1.07. The van der Waals surface area contributed by atoms with Crippen LogP contribution in [-0.2, 0) is 12.8 Å². The van der Waals surface area contributed by atoms with Gasteiger partial charge in [0.25, 0.3) is 0 Å². The van der Waals surface area contributed by atoms with E-state index in [1.165, 1.54) is 12.8 Å². The van der Waals surface area contributed by atoms with Gasteiger partial charge in [-0.15, -0.1) is 12.4 Å². The molecule has 1 unspecified atom stereocenters. The number of rotatable bonds is 2. The molecule has 1 fully saturated rings. The van der Waals surface area contributed by atoms with Crippen LogP contribution in [0, 0.1) is 0 Å². The third-order valence-electron chi connectivity index (χ3n) is 3.32. The van der Waals surface area contributed by atoms with E-state index in [9.17, 15) is 4.79 Å². The minimum atomic E-state index is -0.999. The Morgan fingerprint density at radius 3 is 2.82 bits per heavy atom. The normalized spacial score (nSPS) is 22.7. The highest BCUT2D eigenvalue weighted by Crippen LogP contribution is 2.25. The van der Waals surface area contributed by atoms with Crippen molar-refractivity contribution in [2.24, 2.45) is 0 Å². The lowest BCUT2D eigenvalue weighted by atomic mass is 9.93. The van der Waals surface area contributed by atoms with Crippen molar-refractivity contribution in [2.45, 2.75) is 44.2 Å². The van der Waals surface area contributed by atoms with Crippen molar-refractivity contribution in [3.8, 4) is 0 Å². The zero-order valence-corrected chi connectivity index (χ0v) is 10.2. The number of aryl methyl sites for hydroxylation is 1. The van der Waals surface area contributed by atoms with Crippen molar-refractivity contribution in [2.75, 3.05) is 0 Å². The van der Waals surface area contributed by atoms with Crippen molar-refractivity contribution in [1.29, 1.82) is 0 Å². The average molecular weight is 258 g/mol. The van der Waals surface area contributed by atoms with E-state index in [1.807, 2.05) is 0 Å². The van der Waals surface area contributed by atoms with Crippen LogP contribution in [0.3, 0.4) is 0 Å². The van der Waals surface area contributed by atoms with Gasteiger partial charge in [-0.2, -0.15) is 9.78 Å². The second-order valence-corrected chi connectivity index (χ2v) is 4.71. The van der Waals surface area contributed by atoms with Crippen molar-refractivity contribution < 1.29 is 9.90 Å².